The van der Waals surface area contributed by atoms with E-state index in [1.165, 1.54) is 56.7 Å². The summed E-state index contributed by atoms with van der Waals surface area (Å²) in [5.74, 6) is 2.57. The average Bonchev–Trinajstić information content (AvgIpc) is 2.57. The van der Waals surface area contributed by atoms with Crippen molar-refractivity contribution >= 4 is 30.8 Å². The minimum absolute atomic E-state index is 0.145. The molecular weight excluding hydrogens is 350 g/mol. The van der Waals surface area contributed by atoms with Gasteiger partial charge in [0.15, 0.2) is 8.11 Å². The summed E-state index contributed by atoms with van der Waals surface area (Å²) < 4.78 is 19.2. The predicted molar refractivity (Wildman–Crippen MR) is 96.3 cm³/mol. The van der Waals surface area contributed by atoms with Gasteiger partial charge >= 0.3 is 0 Å². The largest absolute Gasteiger partial charge is 0.493 e. The highest BCUT2D eigenvalue weighted by Gasteiger charge is 2.31. The molecule has 0 aromatic heterocycles. The van der Waals surface area contributed by atoms with Crippen molar-refractivity contribution in [1.29, 1.82) is 0 Å². The van der Waals surface area contributed by atoms with Gasteiger partial charge in [-0.3, -0.25) is 0 Å². The summed E-state index contributed by atoms with van der Waals surface area (Å²) in [5.41, 5.74) is 0. The quantitative estimate of drug-likeness (QED) is 0.444. The molecule has 5 heteroatoms. The molecule has 127 valence electrons. The first-order valence-corrected chi connectivity index (χ1v) is 12.0. The van der Waals surface area contributed by atoms with Gasteiger partial charge in [0.25, 0.3) is 0 Å². The third kappa shape index (κ3) is 4.87. The highest BCUT2D eigenvalue weighted by atomic mass is 35.6. The van der Waals surface area contributed by atoms with Gasteiger partial charge in [-0.05, 0) is 67.7 Å². The van der Waals surface area contributed by atoms with Gasteiger partial charge < -0.3 is 4.74 Å². The lowest BCUT2D eigenvalue weighted by Gasteiger charge is -2.36. The van der Waals surface area contributed by atoms with Crippen LogP contribution in [0.2, 0.25) is 17.1 Å². The Morgan fingerprint density at radius 3 is 2.35 bits per heavy atom. The summed E-state index contributed by atoms with van der Waals surface area (Å²) in [5, 5.41) is 0.145. The van der Waals surface area contributed by atoms with Crippen LogP contribution in [-0.4, -0.2) is 14.7 Å². The molecule has 1 nitrogen and oxygen atoms in total. The van der Waals surface area contributed by atoms with Crippen molar-refractivity contribution in [2.45, 2.75) is 50.6 Å². The van der Waals surface area contributed by atoms with Gasteiger partial charge in [0.2, 0.25) is 0 Å². The third-order valence-electron chi connectivity index (χ3n) is 5.51. The topological polar surface area (TPSA) is 9.23 Å². The summed E-state index contributed by atoms with van der Waals surface area (Å²) in [6.45, 7) is 0.688. The van der Waals surface area contributed by atoms with Gasteiger partial charge in [-0.25, -0.2) is 4.39 Å². The van der Waals surface area contributed by atoms with Crippen LogP contribution in [0, 0.1) is 23.6 Å². The minimum Gasteiger partial charge on any atom is -0.493 e. The van der Waals surface area contributed by atoms with Crippen LogP contribution in [0.4, 0.5) is 4.39 Å². The van der Waals surface area contributed by atoms with Crippen LogP contribution in [0.15, 0.2) is 18.2 Å². The third-order valence-corrected chi connectivity index (χ3v) is 8.61. The molecule has 0 unspecified atom stereocenters. The molecule has 3 rings (SSSR count). The predicted octanol–water partition coefficient (Wildman–Crippen LogP) is 6.30. The maximum Gasteiger partial charge on any atom is 0.165 e. The average molecular weight is 374 g/mol. The standard InChI is InChI=1S/C18H24Cl2FOSi/c19-17-6-5-16(11-18(17)21)22-12-13-1-3-14(4-2-13)15-7-9-23(20)10-8-15/h5-6,11,13-15H,1-4,7-10,12H2. The second-order valence-corrected chi connectivity index (χ2v) is 11.1. The second-order valence-electron chi connectivity index (χ2n) is 7.02. The number of benzene rings is 1. The molecule has 1 aromatic carbocycles. The van der Waals surface area contributed by atoms with Crippen LogP contribution in [0.1, 0.15) is 38.5 Å². The molecule has 0 amide bonds. The first-order chi connectivity index (χ1) is 11.1. The fourth-order valence-electron chi connectivity index (χ4n) is 4.03. The monoisotopic (exact) mass is 373 g/mol. The van der Waals surface area contributed by atoms with E-state index < -0.39 is 13.9 Å². The van der Waals surface area contributed by atoms with Crippen molar-refractivity contribution < 1.29 is 9.13 Å². The molecule has 1 aliphatic heterocycles. The molecule has 1 aromatic rings. The van der Waals surface area contributed by atoms with E-state index in [1.807, 2.05) is 0 Å². The number of ether oxygens (including phenoxy) is 1. The molecule has 1 saturated carbocycles. The lowest BCUT2D eigenvalue weighted by atomic mass is 9.74. The van der Waals surface area contributed by atoms with Crippen molar-refractivity contribution in [3.05, 3.63) is 29.0 Å². The van der Waals surface area contributed by atoms with E-state index in [1.54, 1.807) is 12.1 Å². The zero-order chi connectivity index (χ0) is 16.2. The van der Waals surface area contributed by atoms with Gasteiger partial charge in [0.1, 0.15) is 11.6 Å². The molecule has 0 bridgehead atoms. The number of rotatable bonds is 4. The molecule has 0 spiro atoms. The summed E-state index contributed by atoms with van der Waals surface area (Å²) in [6.07, 6.45) is 7.81. The molecule has 2 fully saturated rings. The highest BCUT2D eigenvalue weighted by molar-refractivity contribution is 7.07. The minimum atomic E-state index is -0.507. The summed E-state index contributed by atoms with van der Waals surface area (Å²) >= 11 is 12.0. The smallest absolute Gasteiger partial charge is 0.165 e. The van der Waals surface area contributed by atoms with Crippen LogP contribution in [0.3, 0.4) is 0 Å². The van der Waals surface area contributed by atoms with Crippen LogP contribution < -0.4 is 4.74 Å². The number of halogens is 3. The Morgan fingerprint density at radius 1 is 1.04 bits per heavy atom. The Hall–Kier alpha value is -0.253. The SMILES string of the molecule is Fc1cc(OCC2CCC(C3CC[Si](Cl)CC3)CC2)ccc1Cl. The van der Waals surface area contributed by atoms with Crippen LogP contribution in [-0.2, 0) is 0 Å². The first-order valence-electron chi connectivity index (χ1n) is 8.70. The lowest BCUT2D eigenvalue weighted by Crippen LogP contribution is -2.28. The van der Waals surface area contributed by atoms with Crippen molar-refractivity contribution in [3.8, 4) is 5.75 Å². The van der Waals surface area contributed by atoms with Crippen molar-refractivity contribution in [2.24, 2.45) is 17.8 Å². The van der Waals surface area contributed by atoms with Gasteiger partial charge in [0, 0.05) is 6.07 Å². The van der Waals surface area contributed by atoms with E-state index in [0.29, 0.717) is 18.3 Å². The zero-order valence-corrected chi connectivity index (χ0v) is 15.9. The van der Waals surface area contributed by atoms with Gasteiger partial charge in [-0.15, -0.1) is 0 Å². The molecule has 23 heavy (non-hydrogen) atoms. The van der Waals surface area contributed by atoms with Gasteiger partial charge in [0.05, 0.1) is 11.6 Å². The Morgan fingerprint density at radius 2 is 1.70 bits per heavy atom. The molecule has 2 aliphatic rings. The fourth-order valence-corrected chi connectivity index (χ4v) is 6.42. The summed E-state index contributed by atoms with van der Waals surface area (Å²) in [7, 11) is -0.507. The van der Waals surface area contributed by atoms with Crippen LogP contribution in [0.25, 0.3) is 0 Å². The molecule has 1 saturated heterocycles. The molecule has 0 N–H and O–H groups in total. The van der Waals surface area contributed by atoms with Crippen molar-refractivity contribution in [2.75, 3.05) is 6.61 Å². The maximum atomic E-state index is 13.4. The summed E-state index contributed by atoms with van der Waals surface area (Å²) in [6, 6.07) is 7.26. The van der Waals surface area contributed by atoms with Crippen molar-refractivity contribution in [1.82, 2.24) is 0 Å². The Kier molecular flexibility index (Phi) is 6.28. The van der Waals surface area contributed by atoms with E-state index in [2.05, 4.69) is 0 Å². The van der Waals surface area contributed by atoms with E-state index in [4.69, 9.17) is 27.4 Å². The van der Waals surface area contributed by atoms with E-state index >= 15 is 0 Å². The second kappa shape index (κ2) is 8.22. The van der Waals surface area contributed by atoms with E-state index in [9.17, 15) is 4.39 Å². The Balaban J connectivity index is 1.41. The molecule has 1 aliphatic carbocycles. The summed E-state index contributed by atoms with van der Waals surface area (Å²) in [4.78, 5) is 0. The molecular formula is C18H24Cl2FOSi. The van der Waals surface area contributed by atoms with Crippen LogP contribution >= 0.6 is 22.7 Å². The Labute approximate surface area is 149 Å². The number of hydrogen-bond donors (Lipinski definition) is 0. The van der Waals surface area contributed by atoms with Crippen LogP contribution in [0.5, 0.6) is 5.75 Å². The number of hydrogen-bond acceptors (Lipinski definition) is 1. The molecule has 1 heterocycles. The van der Waals surface area contributed by atoms with E-state index in [-0.39, 0.29) is 5.02 Å². The maximum absolute atomic E-state index is 13.4. The van der Waals surface area contributed by atoms with Gasteiger partial charge in [-0.2, -0.15) is 11.1 Å². The lowest BCUT2D eigenvalue weighted by molar-refractivity contribution is 0.148. The zero-order valence-electron chi connectivity index (χ0n) is 13.4. The van der Waals surface area contributed by atoms with Gasteiger partial charge in [-0.1, -0.05) is 24.4 Å². The van der Waals surface area contributed by atoms with Crippen molar-refractivity contribution in [3.63, 3.8) is 0 Å². The first kappa shape index (κ1) is 17.6. The molecule has 0 atom stereocenters. The fraction of sp³-hybridized carbons (Fsp3) is 0.667. The highest BCUT2D eigenvalue weighted by Crippen LogP contribution is 2.40. The molecule has 1 radical (unpaired) electrons. The Bertz CT molecular complexity index is 512. The van der Waals surface area contributed by atoms with E-state index in [0.717, 1.165) is 11.8 Å². The normalized spacial score (nSPS) is 27.1.